The second kappa shape index (κ2) is 5.21. The zero-order chi connectivity index (χ0) is 14.1. The van der Waals surface area contributed by atoms with Crippen LogP contribution in [-0.2, 0) is 13.0 Å². The molecule has 0 saturated heterocycles. The quantitative estimate of drug-likeness (QED) is 0.843. The smallest absolute Gasteiger partial charge is 0.159 e. The van der Waals surface area contributed by atoms with Crippen molar-refractivity contribution in [3.63, 3.8) is 0 Å². The molecule has 2 nitrogen and oxygen atoms in total. The highest BCUT2D eigenvalue weighted by Crippen LogP contribution is 2.32. The maximum Gasteiger partial charge on any atom is 0.159 e. The SMILES string of the molecule is Nc1ccc2c(c1)CCC2NCc1ccc(F)c(F)c1. The molecule has 1 atom stereocenters. The van der Waals surface area contributed by atoms with E-state index in [4.69, 9.17) is 5.73 Å². The summed E-state index contributed by atoms with van der Waals surface area (Å²) in [6.07, 6.45) is 2.00. The molecule has 0 aliphatic heterocycles. The van der Waals surface area contributed by atoms with Crippen LogP contribution in [0.5, 0.6) is 0 Å². The first-order chi connectivity index (χ1) is 9.63. The van der Waals surface area contributed by atoms with Gasteiger partial charge in [-0.1, -0.05) is 12.1 Å². The number of anilines is 1. The lowest BCUT2D eigenvalue weighted by Gasteiger charge is -2.14. The highest BCUT2D eigenvalue weighted by molar-refractivity contribution is 5.47. The van der Waals surface area contributed by atoms with Gasteiger partial charge in [0.15, 0.2) is 11.6 Å². The summed E-state index contributed by atoms with van der Waals surface area (Å²) < 4.78 is 26.0. The van der Waals surface area contributed by atoms with Gasteiger partial charge in [-0.05, 0) is 53.8 Å². The largest absolute Gasteiger partial charge is 0.399 e. The summed E-state index contributed by atoms with van der Waals surface area (Å²) in [7, 11) is 0. The fourth-order valence-corrected chi connectivity index (χ4v) is 2.74. The molecule has 0 radical (unpaired) electrons. The second-order valence-electron chi connectivity index (χ2n) is 5.18. The van der Waals surface area contributed by atoms with Crippen molar-refractivity contribution in [3.05, 3.63) is 64.7 Å². The van der Waals surface area contributed by atoms with Gasteiger partial charge in [0.25, 0.3) is 0 Å². The fraction of sp³-hybridized carbons (Fsp3) is 0.250. The first-order valence-electron chi connectivity index (χ1n) is 6.69. The third-order valence-electron chi connectivity index (χ3n) is 3.78. The Morgan fingerprint density at radius 3 is 2.75 bits per heavy atom. The number of fused-ring (bicyclic) bond motifs is 1. The van der Waals surface area contributed by atoms with Crippen molar-refractivity contribution in [2.75, 3.05) is 5.73 Å². The van der Waals surface area contributed by atoms with Crippen LogP contribution in [0.3, 0.4) is 0 Å². The number of nitrogen functional groups attached to an aromatic ring is 1. The van der Waals surface area contributed by atoms with Gasteiger partial charge in [-0.2, -0.15) is 0 Å². The van der Waals surface area contributed by atoms with Crippen molar-refractivity contribution in [3.8, 4) is 0 Å². The molecule has 0 fully saturated rings. The number of nitrogens with one attached hydrogen (secondary N) is 1. The van der Waals surface area contributed by atoms with Crippen LogP contribution in [0, 0.1) is 11.6 Å². The van der Waals surface area contributed by atoms with E-state index in [0.717, 1.165) is 30.2 Å². The maximum atomic E-state index is 13.1. The topological polar surface area (TPSA) is 38.0 Å². The Kier molecular flexibility index (Phi) is 3.40. The molecule has 4 heteroatoms. The number of hydrogen-bond donors (Lipinski definition) is 2. The third-order valence-corrected chi connectivity index (χ3v) is 3.78. The van der Waals surface area contributed by atoms with Crippen molar-refractivity contribution in [1.82, 2.24) is 5.32 Å². The van der Waals surface area contributed by atoms with Gasteiger partial charge in [-0.25, -0.2) is 8.78 Å². The van der Waals surface area contributed by atoms with Crippen LogP contribution in [-0.4, -0.2) is 0 Å². The van der Waals surface area contributed by atoms with Gasteiger partial charge in [0, 0.05) is 18.3 Å². The van der Waals surface area contributed by atoms with Crippen LogP contribution >= 0.6 is 0 Å². The van der Waals surface area contributed by atoms with Gasteiger partial charge >= 0.3 is 0 Å². The zero-order valence-corrected chi connectivity index (χ0v) is 11.0. The number of aryl methyl sites for hydroxylation is 1. The molecule has 0 bridgehead atoms. The molecule has 104 valence electrons. The Morgan fingerprint density at radius 1 is 1.10 bits per heavy atom. The molecular formula is C16H16F2N2. The van der Waals surface area contributed by atoms with E-state index in [0.29, 0.717) is 6.54 Å². The number of benzene rings is 2. The predicted octanol–water partition coefficient (Wildman–Crippen LogP) is 3.32. The highest BCUT2D eigenvalue weighted by atomic mass is 19.2. The molecule has 1 aliphatic carbocycles. The standard InChI is InChI=1S/C16H16F2N2/c17-14-5-1-10(7-15(14)18)9-20-16-6-2-11-8-12(19)3-4-13(11)16/h1,3-5,7-8,16,20H,2,6,9,19H2. The van der Waals surface area contributed by atoms with E-state index in [2.05, 4.69) is 5.32 Å². The lowest BCUT2D eigenvalue weighted by molar-refractivity contribution is 0.500. The molecule has 2 aromatic rings. The van der Waals surface area contributed by atoms with Crippen LogP contribution in [0.4, 0.5) is 14.5 Å². The Bertz CT molecular complexity index is 640. The van der Waals surface area contributed by atoms with Gasteiger partial charge in [0.05, 0.1) is 0 Å². The van der Waals surface area contributed by atoms with Crippen LogP contribution in [0.15, 0.2) is 36.4 Å². The van der Waals surface area contributed by atoms with Crippen molar-refractivity contribution < 1.29 is 8.78 Å². The first kappa shape index (κ1) is 13.1. The van der Waals surface area contributed by atoms with Crippen molar-refractivity contribution >= 4 is 5.69 Å². The molecule has 2 aromatic carbocycles. The van der Waals surface area contributed by atoms with E-state index in [1.807, 2.05) is 18.2 Å². The molecule has 0 amide bonds. The van der Waals surface area contributed by atoms with Crippen LogP contribution < -0.4 is 11.1 Å². The fourth-order valence-electron chi connectivity index (χ4n) is 2.74. The van der Waals surface area contributed by atoms with E-state index in [1.54, 1.807) is 6.07 Å². The van der Waals surface area contributed by atoms with Gasteiger partial charge < -0.3 is 11.1 Å². The summed E-state index contributed by atoms with van der Waals surface area (Å²) in [5.74, 6) is -1.61. The summed E-state index contributed by atoms with van der Waals surface area (Å²) in [4.78, 5) is 0. The van der Waals surface area contributed by atoms with Gasteiger partial charge in [-0.15, -0.1) is 0 Å². The first-order valence-corrected chi connectivity index (χ1v) is 6.69. The minimum Gasteiger partial charge on any atom is -0.399 e. The number of halogens is 2. The highest BCUT2D eigenvalue weighted by Gasteiger charge is 2.21. The molecule has 0 heterocycles. The Morgan fingerprint density at radius 2 is 1.95 bits per heavy atom. The molecule has 0 saturated carbocycles. The van der Waals surface area contributed by atoms with E-state index >= 15 is 0 Å². The summed E-state index contributed by atoms with van der Waals surface area (Å²) in [5, 5.41) is 3.39. The van der Waals surface area contributed by atoms with Crippen molar-refractivity contribution in [2.45, 2.75) is 25.4 Å². The normalized spacial score (nSPS) is 17.2. The molecule has 20 heavy (non-hydrogen) atoms. The monoisotopic (exact) mass is 274 g/mol. The average Bonchev–Trinajstić information content (AvgIpc) is 2.82. The molecule has 3 rings (SSSR count). The average molecular weight is 274 g/mol. The van der Waals surface area contributed by atoms with E-state index < -0.39 is 11.6 Å². The Labute approximate surface area is 116 Å². The predicted molar refractivity (Wildman–Crippen MR) is 75.1 cm³/mol. The third kappa shape index (κ3) is 2.51. The molecule has 1 aliphatic rings. The van der Waals surface area contributed by atoms with E-state index in [9.17, 15) is 8.78 Å². The molecule has 0 aromatic heterocycles. The number of rotatable bonds is 3. The lowest BCUT2D eigenvalue weighted by atomic mass is 10.1. The van der Waals surface area contributed by atoms with E-state index in [1.165, 1.54) is 17.2 Å². The van der Waals surface area contributed by atoms with Crippen molar-refractivity contribution in [1.29, 1.82) is 0 Å². The minimum absolute atomic E-state index is 0.249. The Hall–Kier alpha value is -1.94. The summed E-state index contributed by atoms with van der Waals surface area (Å²) >= 11 is 0. The van der Waals surface area contributed by atoms with Gasteiger partial charge in [0.1, 0.15) is 0 Å². The van der Waals surface area contributed by atoms with Gasteiger partial charge in [-0.3, -0.25) is 0 Å². The molecule has 3 N–H and O–H groups in total. The van der Waals surface area contributed by atoms with Crippen LogP contribution in [0.2, 0.25) is 0 Å². The minimum atomic E-state index is -0.810. The second-order valence-corrected chi connectivity index (χ2v) is 5.18. The van der Waals surface area contributed by atoms with E-state index in [-0.39, 0.29) is 6.04 Å². The van der Waals surface area contributed by atoms with Gasteiger partial charge in [0.2, 0.25) is 0 Å². The number of nitrogens with two attached hydrogens (primary N) is 1. The molecule has 0 spiro atoms. The summed E-state index contributed by atoms with van der Waals surface area (Å²) in [5.41, 5.74) is 9.82. The van der Waals surface area contributed by atoms with Crippen LogP contribution in [0.1, 0.15) is 29.2 Å². The lowest BCUT2D eigenvalue weighted by Crippen LogP contribution is -2.18. The molecular weight excluding hydrogens is 258 g/mol. The van der Waals surface area contributed by atoms with Crippen molar-refractivity contribution in [2.24, 2.45) is 0 Å². The number of hydrogen-bond acceptors (Lipinski definition) is 2. The summed E-state index contributed by atoms with van der Waals surface area (Å²) in [6, 6.07) is 10.2. The zero-order valence-electron chi connectivity index (χ0n) is 11.0. The summed E-state index contributed by atoms with van der Waals surface area (Å²) in [6.45, 7) is 0.520. The maximum absolute atomic E-state index is 13.1. The molecule has 1 unspecified atom stereocenters. The van der Waals surface area contributed by atoms with Crippen LogP contribution in [0.25, 0.3) is 0 Å². The Balaban J connectivity index is 1.70.